The van der Waals surface area contributed by atoms with Crippen molar-refractivity contribution in [2.24, 2.45) is 5.92 Å². The van der Waals surface area contributed by atoms with Crippen molar-refractivity contribution in [2.45, 2.75) is 6.42 Å². The van der Waals surface area contributed by atoms with Gasteiger partial charge in [0.1, 0.15) is 5.82 Å². The molecule has 1 aliphatic rings. The standard InChI is InChI=1S/C18H13ClFN3O2S/c19-11-2-1-3-13(7-11)23-9-10(6-16(23)24)17(25)22-18-21-14-5-4-12(20)8-15(14)26-18/h1-5,7-8,10H,6,9H2,(H,21,22,25)/t10-/m0/s1. The number of thiazole rings is 1. The van der Waals surface area contributed by atoms with Gasteiger partial charge in [0.2, 0.25) is 11.8 Å². The van der Waals surface area contributed by atoms with Crippen LogP contribution in [-0.4, -0.2) is 23.3 Å². The Balaban J connectivity index is 1.49. The van der Waals surface area contributed by atoms with E-state index in [4.69, 9.17) is 11.6 Å². The number of fused-ring (bicyclic) bond motifs is 1. The van der Waals surface area contributed by atoms with E-state index < -0.39 is 5.92 Å². The highest BCUT2D eigenvalue weighted by Gasteiger charge is 2.35. The molecule has 2 aromatic carbocycles. The minimum absolute atomic E-state index is 0.123. The summed E-state index contributed by atoms with van der Waals surface area (Å²) in [5, 5.41) is 3.66. The molecule has 1 aliphatic heterocycles. The summed E-state index contributed by atoms with van der Waals surface area (Å²) in [7, 11) is 0. The Morgan fingerprint density at radius 3 is 2.96 bits per heavy atom. The van der Waals surface area contributed by atoms with E-state index in [9.17, 15) is 14.0 Å². The number of carbonyl (C=O) groups excluding carboxylic acids is 2. The van der Waals surface area contributed by atoms with Gasteiger partial charge in [-0.25, -0.2) is 9.37 Å². The Morgan fingerprint density at radius 1 is 1.31 bits per heavy atom. The van der Waals surface area contributed by atoms with Crippen molar-refractivity contribution in [3.8, 4) is 0 Å². The lowest BCUT2D eigenvalue weighted by Crippen LogP contribution is -2.28. The van der Waals surface area contributed by atoms with Gasteiger partial charge in [-0.3, -0.25) is 9.59 Å². The Labute approximate surface area is 157 Å². The average molecular weight is 390 g/mol. The quantitative estimate of drug-likeness (QED) is 0.734. The highest BCUT2D eigenvalue weighted by atomic mass is 35.5. The highest BCUT2D eigenvalue weighted by molar-refractivity contribution is 7.22. The summed E-state index contributed by atoms with van der Waals surface area (Å²) in [6.07, 6.45) is 0.123. The van der Waals surface area contributed by atoms with Crippen molar-refractivity contribution in [3.63, 3.8) is 0 Å². The number of carbonyl (C=O) groups is 2. The van der Waals surface area contributed by atoms with Crippen molar-refractivity contribution >= 4 is 55.8 Å². The Hall–Kier alpha value is -2.51. The second kappa shape index (κ2) is 6.66. The van der Waals surface area contributed by atoms with Crippen LogP contribution in [0.4, 0.5) is 15.2 Å². The van der Waals surface area contributed by atoms with Crippen LogP contribution in [0, 0.1) is 11.7 Å². The number of nitrogens with zero attached hydrogens (tertiary/aromatic N) is 2. The maximum atomic E-state index is 13.3. The lowest BCUT2D eigenvalue weighted by Gasteiger charge is -2.16. The molecule has 0 aliphatic carbocycles. The predicted octanol–water partition coefficient (Wildman–Crippen LogP) is 4.08. The van der Waals surface area contributed by atoms with Gasteiger partial charge in [0.05, 0.1) is 16.1 Å². The maximum Gasteiger partial charge on any atom is 0.231 e. The summed E-state index contributed by atoms with van der Waals surface area (Å²) in [5.74, 6) is -1.23. The first-order valence-electron chi connectivity index (χ1n) is 7.92. The molecule has 0 saturated carbocycles. The zero-order valence-corrected chi connectivity index (χ0v) is 15.0. The van der Waals surface area contributed by atoms with Gasteiger partial charge in [-0.05, 0) is 36.4 Å². The Morgan fingerprint density at radius 2 is 2.15 bits per heavy atom. The molecule has 0 spiro atoms. The smallest absolute Gasteiger partial charge is 0.231 e. The van der Waals surface area contributed by atoms with Crippen LogP contribution in [0.5, 0.6) is 0 Å². The summed E-state index contributed by atoms with van der Waals surface area (Å²) in [6.45, 7) is 0.282. The summed E-state index contributed by atoms with van der Waals surface area (Å²) < 4.78 is 13.9. The molecule has 0 bridgehead atoms. The van der Waals surface area contributed by atoms with Crippen molar-refractivity contribution in [1.82, 2.24) is 4.98 Å². The number of hydrogen-bond acceptors (Lipinski definition) is 4. The zero-order chi connectivity index (χ0) is 18.3. The largest absolute Gasteiger partial charge is 0.312 e. The number of halogens is 2. The summed E-state index contributed by atoms with van der Waals surface area (Å²) in [5.41, 5.74) is 1.29. The van der Waals surface area contributed by atoms with Gasteiger partial charge in [0, 0.05) is 23.7 Å². The van der Waals surface area contributed by atoms with Gasteiger partial charge in [-0.2, -0.15) is 0 Å². The number of rotatable bonds is 3. The minimum atomic E-state index is -0.481. The Kier molecular flexibility index (Phi) is 4.34. The van der Waals surface area contributed by atoms with Gasteiger partial charge >= 0.3 is 0 Å². The van der Waals surface area contributed by atoms with E-state index in [2.05, 4.69) is 10.3 Å². The SMILES string of the molecule is O=C(Nc1nc2ccc(F)cc2s1)[C@H]1CC(=O)N(c2cccc(Cl)c2)C1. The molecule has 5 nitrogen and oxygen atoms in total. The predicted molar refractivity (Wildman–Crippen MR) is 100 cm³/mol. The van der Waals surface area contributed by atoms with E-state index in [-0.39, 0.29) is 30.6 Å². The first-order valence-corrected chi connectivity index (χ1v) is 9.12. The summed E-state index contributed by atoms with van der Waals surface area (Å²) in [6, 6.07) is 11.2. The Bertz CT molecular complexity index is 1020. The van der Waals surface area contributed by atoms with Crippen LogP contribution in [0.3, 0.4) is 0 Å². The molecule has 1 N–H and O–H groups in total. The van der Waals surface area contributed by atoms with Crippen LogP contribution in [0.2, 0.25) is 5.02 Å². The van der Waals surface area contributed by atoms with Crippen LogP contribution < -0.4 is 10.2 Å². The molecule has 0 unspecified atom stereocenters. The monoisotopic (exact) mass is 389 g/mol. The first kappa shape index (κ1) is 16.9. The third kappa shape index (κ3) is 3.27. The normalized spacial score (nSPS) is 17.1. The third-order valence-corrected chi connectivity index (χ3v) is 5.37. The van der Waals surface area contributed by atoms with E-state index in [1.807, 2.05) is 0 Å². The number of amides is 2. The molecule has 1 aromatic heterocycles. The third-order valence-electron chi connectivity index (χ3n) is 4.20. The van der Waals surface area contributed by atoms with Crippen molar-refractivity contribution < 1.29 is 14.0 Å². The fourth-order valence-corrected chi connectivity index (χ4v) is 4.01. The van der Waals surface area contributed by atoms with Crippen molar-refractivity contribution in [2.75, 3.05) is 16.8 Å². The zero-order valence-electron chi connectivity index (χ0n) is 13.4. The van der Waals surface area contributed by atoms with E-state index in [1.165, 1.54) is 23.5 Å². The number of aromatic nitrogens is 1. The van der Waals surface area contributed by atoms with Gasteiger partial charge in [0.15, 0.2) is 5.13 Å². The highest BCUT2D eigenvalue weighted by Crippen LogP contribution is 2.30. The molecule has 26 heavy (non-hydrogen) atoms. The van der Waals surface area contributed by atoms with Gasteiger partial charge < -0.3 is 10.2 Å². The topological polar surface area (TPSA) is 62.3 Å². The fraction of sp³-hybridized carbons (Fsp3) is 0.167. The van der Waals surface area contributed by atoms with Crippen molar-refractivity contribution in [1.29, 1.82) is 0 Å². The van der Waals surface area contributed by atoms with Crippen LogP contribution in [0.15, 0.2) is 42.5 Å². The molecule has 132 valence electrons. The molecule has 1 fully saturated rings. The van der Waals surface area contributed by atoms with E-state index in [0.717, 1.165) is 0 Å². The molecule has 8 heteroatoms. The van der Waals surface area contributed by atoms with E-state index >= 15 is 0 Å². The van der Waals surface area contributed by atoms with Gasteiger partial charge in [-0.1, -0.05) is 29.0 Å². The number of benzene rings is 2. The second-order valence-electron chi connectivity index (χ2n) is 6.01. The molecule has 1 atom stereocenters. The second-order valence-corrected chi connectivity index (χ2v) is 7.47. The van der Waals surface area contributed by atoms with Crippen LogP contribution >= 0.6 is 22.9 Å². The lowest BCUT2D eigenvalue weighted by atomic mass is 10.1. The van der Waals surface area contributed by atoms with Crippen LogP contribution in [0.25, 0.3) is 10.2 Å². The molecular formula is C18H13ClFN3O2S. The van der Waals surface area contributed by atoms with Gasteiger partial charge in [-0.15, -0.1) is 0 Å². The average Bonchev–Trinajstić information content (AvgIpc) is 3.17. The fourth-order valence-electron chi connectivity index (χ4n) is 2.94. The number of anilines is 2. The summed E-state index contributed by atoms with van der Waals surface area (Å²) >= 11 is 7.18. The molecule has 2 amide bonds. The molecular weight excluding hydrogens is 377 g/mol. The van der Waals surface area contributed by atoms with E-state index in [0.29, 0.717) is 26.1 Å². The molecule has 1 saturated heterocycles. The molecule has 3 aromatic rings. The first-order chi connectivity index (χ1) is 12.5. The van der Waals surface area contributed by atoms with Crippen LogP contribution in [0.1, 0.15) is 6.42 Å². The van der Waals surface area contributed by atoms with Crippen molar-refractivity contribution in [3.05, 3.63) is 53.3 Å². The van der Waals surface area contributed by atoms with E-state index in [1.54, 1.807) is 35.2 Å². The summed E-state index contributed by atoms with van der Waals surface area (Å²) in [4.78, 5) is 30.6. The molecule has 2 heterocycles. The number of nitrogens with one attached hydrogen (secondary N) is 1. The van der Waals surface area contributed by atoms with Crippen LogP contribution in [-0.2, 0) is 9.59 Å². The lowest BCUT2D eigenvalue weighted by molar-refractivity contribution is -0.122. The van der Waals surface area contributed by atoms with Gasteiger partial charge in [0.25, 0.3) is 0 Å². The maximum absolute atomic E-state index is 13.3. The minimum Gasteiger partial charge on any atom is -0.312 e. The number of hydrogen-bond donors (Lipinski definition) is 1. The molecule has 0 radical (unpaired) electrons. The molecule has 4 rings (SSSR count).